The summed E-state index contributed by atoms with van der Waals surface area (Å²) in [6, 6.07) is 3.34. The normalized spacial score (nSPS) is 26.7. The van der Waals surface area contributed by atoms with E-state index in [2.05, 4.69) is 0 Å². The number of carbonyl (C=O) groups is 1. The Labute approximate surface area is 117 Å². The summed E-state index contributed by atoms with van der Waals surface area (Å²) in [5.41, 5.74) is -2.74. The lowest BCUT2D eigenvalue weighted by Gasteiger charge is -2.43. The number of halogens is 4. The van der Waals surface area contributed by atoms with Gasteiger partial charge in [0.1, 0.15) is 5.82 Å². The van der Waals surface area contributed by atoms with Gasteiger partial charge in [0.25, 0.3) is 0 Å². The van der Waals surface area contributed by atoms with Crippen molar-refractivity contribution in [2.24, 2.45) is 0 Å². The van der Waals surface area contributed by atoms with E-state index in [-0.39, 0.29) is 5.56 Å². The van der Waals surface area contributed by atoms with E-state index in [0.717, 1.165) is 17.0 Å². The van der Waals surface area contributed by atoms with Crippen molar-refractivity contribution in [2.45, 2.75) is 30.7 Å². The summed E-state index contributed by atoms with van der Waals surface area (Å²) in [5, 5.41) is 18.9. The van der Waals surface area contributed by atoms with Crippen LogP contribution < -0.4 is 0 Å². The second-order valence-corrected chi connectivity index (χ2v) is 5.03. The summed E-state index contributed by atoms with van der Waals surface area (Å²) < 4.78 is 51.7. The average Bonchev–Trinajstić information content (AvgIpc) is 2.38. The molecule has 2 atom stereocenters. The predicted molar refractivity (Wildman–Crippen MR) is 64.1 cm³/mol. The highest BCUT2D eigenvalue weighted by Gasteiger charge is 2.57. The Bertz CT molecular complexity index is 531. The highest BCUT2D eigenvalue weighted by atomic mass is 19.4. The van der Waals surface area contributed by atoms with Gasteiger partial charge in [-0.05, 0) is 17.7 Å². The first kappa shape index (κ1) is 15.6. The molecule has 1 amide bonds. The van der Waals surface area contributed by atoms with Crippen LogP contribution in [0.5, 0.6) is 0 Å². The standard InChI is InChI=1S/C13H13F4NO3/c14-9-3-1-8(2-4-9)10-7-12(21,13(15,16)17)5-6-18(10)11(19)20/h1-4,10,21H,5-7H2,(H,19,20)/t10-,12-/m0/s1. The van der Waals surface area contributed by atoms with Crippen LogP contribution in [0.4, 0.5) is 22.4 Å². The van der Waals surface area contributed by atoms with Gasteiger partial charge in [-0.3, -0.25) is 0 Å². The van der Waals surface area contributed by atoms with E-state index in [9.17, 15) is 27.5 Å². The molecule has 0 aromatic heterocycles. The smallest absolute Gasteiger partial charge is 0.417 e. The Morgan fingerprint density at radius 2 is 1.86 bits per heavy atom. The Balaban J connectivity index is 2.36. The molecule has 1 aliphatic rings. The lowest BCUT2D eigenvalue weighted by atomic mass is 9.83. The number of rotatable bonds is 1. The molecular weight excluding hydrogens is 294 g/mol. The summed E-state index contributed by atoms with van der Waals surface area (Å²) >= 11 is 0. The molecule has 0 bridgehead atoms. The third kappa shape index (κ3) is 2.94. The number of piperidine rings is 1. The van der Waals surface area contributed by atoms with Gasteiger partial charge in [0.2, 0.25) is 0 Å². The van der Waals surface area contributed by atoms with Crippen LogP contribution in [0.1, 0.15) is 24.4 Å². The van der Waals surface area contributed by atoms with Gasteiger partial charge < -0.3 is 15.1 Å². The second kappa shape index (κ2) is 5.18. The Kier molecular flexibility index (Phi) is 3.83. The van der Waals surface area contributed by atoms with E-state index >= 15 is 0 Å². The third-order valence-electron chi connectivity index (χ3n) is 3.70. The van der Waals surface area contributed by atoms with Gasteiger partial charge in [-0.25, -0.2) is 9.18 Å². The van der Waals surface area contributed by atoms with Crippen LogP contribution in [0.25, 0.3) is 0 Å². The number of alkyl halides is 3. The van der Waals surface area contributed by atoms with Crippen molar-refractivity contribution in [3.8, 4) is 0 Å². The summed E-state index contributed by atoms with van der Waals surface area (Å²) in [7, 11) is 0. The fraction of sp³-hybridized carbons (Fsp3) is 0.462. The van der Waals surface area contributed by atoms with Crippen molar-refractivity contribution in [3.05, 3.63) is 35.6 Å². The molecule has 0 saturated carbocycles. The first-order valence-corrected chi connectivity index (χ1v) is 6.18. The van der Waals surface area contributed by atoms with Crippen LogP contribution in [0.15, 0.2) is 24.3 Å². The lowest BCUT2D eigenvalue weighted by Crippen LogP contribution is -2.55. The zero-order valence-electron chi connectivity index (χ0n) is 10.8. The number of hydrogen-bond acceptors (Lipinski definition) is 2. The molecule has 0 aliphatic carbocycles. The molecule has 4 nitrogen and oxygen atoms in total. The molecule has 0 unspecified atom stereocenters. The second-order valence-electron chi connectivity index (χ2n) is 5.03. The molecule has 0 spiro atoms. The summed E-state index contributed by atoms with van der Waals surface area (Å²) in [6.45, 7) is -0.451. The Morgan fingerprint density at radius 3 is 2.33 bits per heavy atom. The first-order valence-electron chi connectivity index (χ1n) is 6.18. The minimum Gasteiger partial charge on any atom is -0.465 e. The first-order chi connectivity index (χ1) is 9.64. The molecule has 8 heteroatoms. The van der Waals surface area contributed by atoms with Gasteiger partial charge in [-0.2, -0.15) is 13.2 Å². The predicted octanol–water partition coefficient (Wildman–Crippen LogP) is 2.93. The van der Waals surface area contributed by atoms with Crippen LogP contribution in [-0.2, 0) is 0 Å². The molecule has 1 aliphatic heterocycles. The molecule has 1 fully saturated rings. The van der Waals surface area contributed by atoms with Crippen LogP contribution >= 0.6 is 0 Å². The van der Waals surface area contributed by atoms with E-state index in [4.69, 9.17) is 5.11 Å². The number of benzene rings is 1. The third-order valence-corrected chi connectivity index (χ3v) is 3.70. The highest BCUT2D eigenvalue weighted by Crippen LogP contribution is 2.45. The molecular formula is C13H13F4NO3. The van der Waals surface area contributed by atoms with E-state index < -0.39 is 49.1 Å². The van der Waals surface area contributed by atoms with E-state index in [1.54, 1.807) is 0 Å². The van der Waals surface area contributed by atoms with Gasteiger partial charge >= 0.3 is 12.3 Å². The molecule has 116 valence electrons. The minimum atomic E-state index is -4.85. The van der Waals surface area contributed by atoms with Crippen molar-refractivity contribution in [1.29, 1.82) is 0 Å². The Morgan fingerprint density at radius 1 is 1.29 bits per heavy atom. The largest absolute Gasteiger partial charge is 0.465 e. The van der Waals surface area contributed by atoms with E-state index in [0.29, 0.717) is 0 Å². The SMILES string of the molecule is O=C(O)N1CC[C@@](O)(C(F)(F)F)C[C@H]1c1ccc(F)cc1. The van der Waals surface area contributed by atoms with Crippen molar-refractivity contribution in [3.63, 3.8) is 0 Å². The Hall–Kier alpha value is -1.83. The quantitative estimate of drug-likeness (QED) is 0.784. The number of aliphatic hydroxyl groups is 1. The molecule has 1 aromatic carbocycles. The average molecular weight is 307 g/mol. The molecule has 21 heavy (non-hydrogen) atoms. The fourth-order valence-electron chi connectivity index (χ4n) is 2.46. The topological polar surface area (TPSA) is 60.8 Å². The van der Waals surface area contributed by atoms with Gasteiger partial charge in [-0.1, -0.05) is 12.1 Å². The monoisotopic (exact) mass is 307 g/mol. The minimum absolute atomic E-state index is 0.209. The van der Waals surface area contributed by atoms with Crippen molar-refractivity contribution in [1.82, 2.24) is 4.90 Å². The number of carboxylic acid groups (broad SMARTS) is 1. The summed E-state index contributed by atoms with van der Waals surface area (Å²) in [4.78, 5) is 12.0. The molecule has 2 N–H and O–H groups in total. The van der Waals surface area contributed by atoms with Gasteiger partial charge in [0.05, 0.1) is 6.04 Å². The number of amides is 1. The van der Waals surface area contributed by atoms with Gasteiger partial charge in [0.15, 0.2) is 5.60 Å². The molecule has 1 aromatic rings. The summed E-state index contributed by atoms with van der Waals surface area (Å²) in [5.74, 6) is -0.581. The maximum Gasteiger partial charge on any atom is 0.417 e. The number of nitrogens with zero attached hydrogens (tertiary/aromatic N) is 1. The maximum atomic E-state index is 12.9. The highest BCUT2D eigenvalue weighted by molar-refractivity contribution is 5.66. The van der Waals surface area contributed by atoms with Crippen LogP contribution in [-0.4, -0.2) is 39.5 Å². The zero-order valence-corrected chi connectivity index (χ0v) is 10.8. The van der Waals surface area contributed by atoms with Crippen molar-refractivity contribution < 1.29 is 32.6 Å². The molecule has 2 rings (SSSR count). The van der Waals surface area contributed by atoms with Gasteiger partial charge in [0, 0.05) is 19.4 Å². The van der Waals surface area contributed by atoms with Crippen molar-refractivity contribution in [2.75, 3.05) is 6.54 Å². The van der Waals surface area contributed by atoms with Crippen LogP contribution in [0.3, 0.4) is 0 Å². The fourth-order valence-corrected chi connectivity index (χ4v) is 2.46. The van der Waals surface area contributed by atoms with Crippen LogP contribution in [0, 0.1) is 5.82 Å². The number of likely N-dealkylation sites (tertiary alicyclic amines) is 1. The molecule has 1 heterocycles. The molecule has 1 saturated heterocycles. The zero-order chi connectivity index (χ0) is 15.8. The molecule has 0 radical (unpaired) electrons. The van der Waals surface area contributed by atoms with Crippen molar-refractivity contribution >= 4 is 6.09 Å². The van der Waals surface area contributed by atoms with Crippen LogP contribution in [0.2, 0.25) is 0 Å². The van der Waals surface area contributed by atoms with E-state index in [1.807, 2.05) is 0 Å². The summed E-state index contributed by atoms with van der Waals surface area (Å²) in [6.07, 6.45) is -7.77. The number of hydrogen-bond donors (Lipinski definition) is 2. The lowest BCUT2D eigenvalue weighted by molar-refractivity contribution is -0.276. The van der Waals surface area contributed by atoms with E-state index in [1.165, 1.54) is 12.1 Å². The maximum absolute atomic E-state index is 12.9. The van der Waals surface area contributed by atoms with Gasteiger partial charge in [-0.15, -0.1) is 0 Å².